The van der Waals surface area contributed by atoms with Gasteiger partial charge in [-0.1, -0.05) is 0 Å². The number of ether oxygens (including phenoxy) is 1. The quantitative estimate of drug-likeness (QED) is 0.402. The highest BCUT2D eigenvalue weighted by Gasteiger charge is 2.23. The minimum Gasteiger partial charge on any atom is -0.502 e. The molecular weight excluding hydrogens is 187 g/mol. The Morgan fingerprint density at radius 2 is 1.69 bits per heavy atom. The average Bonchev–Trinajstić information content (AvgIpc) is 2.13. The fraction of sp³-hybridized carbons (Fsp3) is 0.143. The number of methoxy groups -OCH3 is 1. The molecule has 0 saturated heterocycles. The lowest BCUT2D eigenvalue weighted by Crippen LogP contribution is -2.02. The zero-order chi connectivity index (χ0) is 10.2. The second-order valence-corrected chi connectivity index (χ2v) is 2.24. The van der Waals surface area contributed by atoms with Crippen LogP contribution in [0.15, 0.2) is 0 Å². The maximum atomic E-state index is 12.9. The second-order valence-electron chi connectivity index (χ2n) is 2.24. The number of hydrogen-bond acceptors (Lipinski definition) is 3. The van der Waals surface area contributed by atoms with Crippen molar-refractivity contribution in [1.82, 2.24) is 0 Å². The zero-order valence-corrected chi connectivity index (χ0v) is 6.57. The number of benzene rings is 1. The first kappa shape index (κ1) is 9.50. The van der Waals surface area contributed by atoms with E-state index in [9.17, 15) is 13.2 Å². The van der Waals surface area contributed by atoms with Crippen LogP contribution in [0.2, 0.25) is 0 Å². The van der Waals surface area contributed by atoms with E-state index in [1.165, 1.54) is 0 Å². The van der Waals surface area contributed by atoms with E-state index in [0.717, 1.165) is 7.11 Å². The summed E-state index contributed by atoms with van der Waals surface area (Å²) in [6.45, 7) is 0. The monoisotopic (exact) mass is 193 g/mol. The largest absolute Gasteiger partial charge is 0.502 e. The van der Waals surface area contributed by atoms with Crippen molar-refractivity contribution in [3.8, 4) is 11.5 Å². The molecule has 13 heavy (non-hydrogen) atoms. The standard InChI is InChI=1S/C7H6F3NO2/c1-13-7-4(10)5(11)2(8)3(9)6(7)12/h12H,11H2,1H3. The fourth-order valence-corrected chi connectivity index (χ4v) is 0.831. The van der Waals surface area contributed by atoms with Gasteiger partial charge in [-0.25, -0.2) is 8.78 Å². The Morgan fingerprint density at radius 1 is 1.15 bits per heavy atom. The molecule has 0 fully saturated rings. The molecule has 0 heterocycles. The summed E-state index contributed by atoms with van der Waals surface area (Å²) in [5, 5.41) is 8.85. The molecule has 6 heteroatoms. The Labute approximate surface area is 71.5 Å². The van der Waals surface area contributed by atoms with Gasteiger partial charge in [0.1, 0.15) is 5.69 Å². The van der Waals surface area contributed by atoms with Gasteiger partial charge in [-0.05, 0) is 0 Å². The van der Waals surface area contributed by atoms with Gasteiger partial charge in [-0.3, -0.25) is 0 Å². The first-order valence-corrected chi connectivity index (χ1v) is 3.19. The Bertz CT molecular complexity index is 325. The van der Waals surface area contributed by atoms with Crippen LogP contribution in [0.1, 0.15) is 0 Å². The average molecular weight is 193 g/mol. The van der Waals surface area contributed by atoms with Crippen LogP contribution in [-0.4, -0.2) is 12.2 Å². The third kappa shape index (κ3) is 1.24. The van der Waals surface area contributed by atoms with E-state index >= 15 is 0 Å². The summed E-state index contributed by atoms with van der Waals surface area (Å²) in [6.07, 6.45) is 0. The van der Waals surface area contributed by atoms with Gasteiger partial charge >= 0.3 is 0 Å². The van der Waals surface area contributed by atoms with Crippen molar-refractivity contribution in [1.29, 1.82) is 0 Å². The summed E-state index contributed by atoms with van der Waals surface area (Å²) in [5.41, 5.74) is 3.83. The van der Waals surface area contributed by atoms with Crippen LogP contribution in [-0.2, 0) is 0 Å². The first-order valence-electron chi connectivity index (χ1n) is 3.19. The molecule has 1 aromatic carbocycles. The molecule has 0 aromatic heterocycles. The number of rotatable bonds is 1. The SMILES string of the molecule is COc1c(O)c(F)c(F)c(N)c1F. The Morgan fingerprint density at radius 3 is 2.15 bits per heavy atom. The predicted octanol–water partition coefficient (Wildman–Crippen LogP) is 1.40. The van der Waals surface area contributed by atoms with E-state index in [0.29, 0.717) is 0 Å². The number of aromatic hydroxyl groups is 1. The lowest BCUT2D eigenvalue weighted by molar-refractivity contribution is 0.328. The van der Waals surface area contributed by atoms with Crippen molar-refractivity contribution in [2.45, 2.75) is 0 Å². The van der Waals surface area contributed by atoms with E-state index in [2.05, 4.69) is 4.74 Å². The van der Waals surface area contributed by atoms with Crippen LogP contribution in [0, 0.1) is 17.5 Å². The van der Waals surface area contributed by atoms with Crippen molar-refractivity contribution in [3.05, 3.63) is 17.5 Å². The van der Waals surface area contributed by atoms with Crippen LogP contribution in [0.25, 0.3) is 0 Å². The highest BCUT2D eigenvalue weighted by Crippen LogP contribution is 2.37. The van der Waals surface area contributed by atoms with Crippen molar-refractivity contribution in [2.75, 3.05) is 12.8 Å². The second kappa shape index (κ2) is 3.04. The number of phenols is 1. The molecule has 0 radical (unpaired) electrons. The third-order valence-electron chi connectivity index (χ3n) is 1.49. The van der Waals surface area contributed by atoms with E-state index in [-0.39, 0.29) is 0 Å². The van der Waals surface area contributed by atoms with Gasteiger partial charge in [0.15, 0.2) is 11.6 Å². The Hall–Kier alpha value is -1.59. The Balaban J connectivity index is 3.56. The van der Waals surface area contributed by atoms with Crippen LogP contribution in [0.3, 0.4) is 0 Å². The van der Waals surface area contributed by atoms with Gasteiger partial charge in [0.05, 0.1) is 7.11 Å². The molecule has 3 nitrogen and oxygen atoms in total. The van der Waals surface area contributed by atoms with Gasteiger partial charge in [0.2, 0.25) is 17.3 Å². The molecular formula is C7H6F3NO2. The van der Waals surface area contributed by atoms with Gasteiger partial charge in [0.25, 0.3) is 0 Å². The van der Waals surface area contributed by atoms with E-state index in [1.54, 1.807) is 0 Å². The van der Waals surface area contributed by atoms with Crippen molar-refractivity contribution in [2.24, 2.45) is 0 Å². The summed E-state index contributed by atoms with van der Waals surface area (Å²) < 4.78 is 42.4. The van der Waals surface area contributed by atoms with Gasteiger partial charge in [-0.2, -0.15) is 4.39 Å². The molecule has 0 aliphatic heterocycles. The van der Waals surface area contributed by atoms with Crippen molar-refractivity contribution in [3.63, 3.8) is 0 Å². The highest BCUT2D eigenvalue weighted by molar-refractivity contribution is 5.55. The molecule has 0 bridgehead atoms. The van der Waals surface area contributed by atoms with Crippen LogP contribution in [0.5, 0.6) is 11.5 Å². The third-order valence-corrected chi connectivity index (χ3v) is 1.49. The maximum absolute atomic E-state index is 12.9. The molecule has 0 aliphatic carbocycles. The lowest BCUT2D eigenvalue weighted by atomic mass is 10.2. The Kier molecular flexibility index (Phi) is 2.22. The first-order chi connectivity index (χ1) is 6.00. The fourth-order valence-electron chi connectivity index (χ4n) is 0.831. The van der Waals surface area contributed by atoms with Crippen LogP contribution in [0.4, 0.5) is 18.9 Å². The summed E-state index contributed by atoms with van der Waals surface area (Å²) in [7, 11) is 0.995. The molecule has 0 atom stereocenters. The topological polar surface area (TPSA) is 55.5 Å². The molecule has 0 aliphatic rings. The highest BCUT2D eigenvalue weighted by atomic mass is 19.2. The van der Waals surface area contributed by atoms with Gasteiger partial charge < -0.3 is 15.6 Å². The van der Waals surface area contributed by atoms with Crippen molar-refractivity contribution >= 4 is 5.69 Å². The molecule has 0 spiro atoms. The van der Waals surface area contributed by atoms with Gasteiger partial charge in [-0.15, -0.1) is 0 Å². The number of nitrogen functional groups attached to an aromatic ring is 1. The van der Waals surface area contributed by atoms with Crippen molar-refractivity contribution < 1.29 is 23.0 Å². The molecule has 3 N–H and O–H groups in total. The summed E-state index contributed by atoms with van der Waals surface area (Å²) in [6, 6.07) is 0. The number of nitrogens with two attached hydrogens (primary N) is 1. The van der Waals surface area contributed by atoms with E-state index in [1.807, 2.05) is 0 Å². The van der Waals surface area contributed by atoms with Gasteiger partial charge in [0, 0.05) is 0 Å². The number of hydrogen-bond donors (Lipinski definition) is 2. The maximum Gasteiger partial charge on any atom is 0.206 e. The molecule has 0 amide bonds. The normalized spacial score (nSPS) is 10.2. The minimum absolute atomic E-state index is 0.809. The summed E-state index contributed by atoms with van der Waals surface area (Å²) >= 11 is 0. The van der Waals surface area contributed by atoms with Crippen LogP contribution >= 0.6 is 0 Å². The summed E-state index contributed by atoms with van der Waals surface area (Å²) in [4.78, 5) is 0. The van der Waals surface area contributed by atoms with E-state index in [4.69, 9.17) is 10.8 Å². The number of phenolic OH excluding ortho intramolecular Hbond substituents is 1. The molecule has 1 aromatic rings. The summed E-state index contributed by atoms with van der Waals surface area (Å²) in [5.74, 6) is -6.62. The van der Waals surface area contributed by atoms with Crippen LogP contribution < -0.4 is 10.5 Å². The smallest absolute Gasteiger partial charge is 0.206 e. The molecule has 0 unspecified atom stereocenters. The number of anilines is 1. The molecule has 1 rings (SSSR count). The van der Waals surface area contributed by atoms with E-state index < -0.39 is 34.6 Å². The zero-order valence-electron chi connectivity index (χ0n) is 6.57. The molecule has 0 saturated carbocycles. The minimum atomic E-state index is -1.63. The predicted molar refractivity (Wildman–Crippen MR) is 38.9 cm³/mol. The lowest BCUT2D eigenvalue weighted by Gasteiger charge is -2.08. The number of halogens is 3. The molecule has 72 valence electrons.